The molecule has 1 aromatic carbocycles. The van der Waals surface area contributed by atoms with Gasteiger partial charge in [0.05, 0.1) is 11.5 Å². The van der Waals surface area contributed by atoms with Crippen molar-refractivity contribution in [3.8, 4) is 0 Å². The summed E-state index contributed by atoms with van der Waals surface area (Å²) in [7, 11) is -4.27. The second-order valence-electron chi connectivity index (χ2n) is 3.91. The van der Waals surface area contributed by atoms with Crippen LogP contribution in [0.5, 0.6) is 0 Å². The van der Waals surface area contributed by atoms with Gasteiger partial charge in [0.1, 0.15) is 6.33 Å². The van der Waals surface area contributed by atoms with Crippen molar-refractivity contribution in [1.29, 1.82) is 0 Å². The number of benzene rings is 1. The Bertz CT molecular complexity index is 722. The molecule has 0 atom stereocenters. The summed E-state index contributed by atoms with van der Waals surface area (Å²) in [5.41, 5.74) is 0.393. The zero-order valence-corrected chi connectivity index (χ0v) is 11.6. The highest BCUT2D eigenvalue weighted by molar-refractivity contribution is 7.85. The largest absolute Gasteiger partial charge is 0.395 e. The highest BCUT2D eigenvalue weighted by atomic mass is 32.2. The van der Waals surface area contributed by atoms with Gasteiger partial charge in [0.2, 0.25) is 11.9 Å². The number of aromatic nitrogens is 3. The number of nitrogens with one attached hydrogen (secondary N) is 2. The second kappa shape index (κ2) is 6.43. The summed E-state index contributed by atoms with van der Waals surface area (Å²) >= 11 is 0. The van der Waals surface area contributed by atoms with Crippen LogP contribution in [0.3, 0.4) is 0 Å². The van der Waals surface area contributed by atoms with E-state index in [1.54, 1.807) is 6.07 Å². The van der Waals surface area contributed by atoms with E-state index >= 15 is 0 Å². The number of hydrogen-bond donors (Lipinski definition) is 4. The van der Waals surface area contributed by atoms with Crippen LogP contribution in [0.25, 0.3) is 0 Å². The molecule has 0 amide bonds. The van der Waals surface area contributed by atoms with E-state index in [9.17, 15) is 8.42 Å². The van der Waals surface area contributed by atoms with Crippen molar-refractivity contribution < 1.29 is 18.1 Å². The van der Waals surface area contributed by atoms with Crippen molar-refractivity contribution in [2.24, 2.45) is 0 Å². The van der Waals surface area contributed by atoms with Crippen molar-refractivity contribution in [3.63, 3.8) is 0 Å². The van der Waals surface area contributed by atoms with Gasteiger partial charge < -0.3 is 15.7 Å². The quantitative estimate of drug-likeness (QED) is 0.553. The fraction of sp³-hybridized carbons (Fsp3) is 0.182. The fourth-order valence-corrected chi connectivity index (χ4v) is 2.00. The van der Waals surface area contributed by atoms with Crippen molar-refractivity contribution in [2.75, 3.05) is 23.8 Å². The summed E-state index contributed by atoms with van der Waals surface area (Å²) < 4.78 is 31.1. The molecular weight excluding hydrogens is 298 g/mol. The fourth-order valence-electron chi connectivity index (χ4n) is 1.47. The summed E-state index contributed by atoms with van der Waals surface area (Å²) in [6.45, 7) is 0.229. The molecule has 0 fully saturated rings. The molecule has 9 nitrogen and oxygen atoms in total. The van der Waals surface area contributed by atoms with E-state index in [4.69, 9.17) is 9.66 Å². The van der Waals surface area contributed by atoms with Gasteiger partial charge in [-0.05, 0) is 18.2 Å². The monoisotopic (exact) mass is 311 g/mol. The Balaban J connectivity index is 2.18. The van der Waals surface area contributed by atoms with Crippen molar-refractivity contribution in [3.05, 3.63) is 30.6 Å². The van der Waals surface area contributed by atoms with E-state index < -0.39 is 10.1 Å². The highest BCUT2D eigenvalue weighted by Crippen LogP contribution is 2.18. The van der Waals surface area contributed by atoms with Gasteiger partial charge in [-0.2, -0.15) is 13.4 Å². The van der Waals surface area contributed by atoms with Gasteiger partial charge in [0, 0.05) is 12.2 Å². The average Bonchev–Trinajstić information content (AvgIpc) is 2.45. The van der Waals surface area contributed by atoms with Gasteiger partial charge in [0.15, 0.2) is 0 Å². The lowest BCUT2D eigenvalue weighted by molar-refractivity contribution is 0.311. The van der Waals surface area contributed by atoms with Crippen molar-refractivity contribution in [1.82, 2.24) is 15.0 Å². The van der Waals surface area contributed by atoms with E-state index in [1.807, 2.05) is 0 Å². The number of hydrogen-bond acceptors (Lipinski definition) is 8. The molecule has 21 heavy (non-hydrogen) atoms. The predicted octanol–water partition coefficient (Wildman–Crippen LogP) is 0.266. The Labute approximate surface area is 120 Å². The average molecular weight is 311 g/mol. The molecule has 4 N–H and O–H groups in total. The smallest absolute Gasteiger partial charge is 0.294 e. The van der Waals surface area contributed by atoms with Crippen LogP contribution in [-0.2, 0) is 10.1 Å². The summed E-state index contributed by atoms with van der Waals surface area (Å²) in [5.74, 6) is 0.463. The number of anilines is 3. The molecule has 0 saturated carbocycles. The molecule has 2 aromatic rings. The van der Waals surface area contributed by atoms with Crippen molar-refractivity contribution in [2.45, 2.75) is 4.90 Å². The molecule has 0 bridgehead atoms. The summed E-state index contributed by atoms with van der Waals surface area (Å²) in [5, 5.41) is 14.3. The van der Waals surface area contributed by atoms with Crippen LogP contribution >= 0.6 is 0 Å². The minimum Gasteiger partial charge on any atom is -0.395 e. The Kier molecular flexibility index (Phi) is 4.62. The van der Waals surface area contributed by atoms with Crippen LogP contribution in [-0.4, -0.2) is 46.2 Å². The molecule has 10 heteroatoms. The Hall–Kier alpha value is -2.30. The first-order valence-electron chi connectivity index (χ1n) is 5.87. The Morgan fingerprint density at radius 3 is 2.67 bits per heavy atom. The van der Waals surface area contributed by atoms with Crippen LogP contribution in [0.2, 0.25) is 0 Å². The molecule has 0 radical (unpaired) electrons. The Morgan fingerprint density at radius 2 is 1.95 bits per heavy atom. The molecule has 2 rings (SSSR count). The predicted molar refractivity (Wildman–Crippen MR) is 74.9 cm³/mol. The van der Waals surface area contributed by atoms with E-state index in [2.05, 4.69) is 25.6 Å². The maximum absolute atomic E-state index is 11.1. The first-order valence-corrected chi connectivity index (χ1v) is 7.31. The zero-order chi connectivity index (χ0) is 15.3. The lowest BCUT2D eigenvalue weighted by Crippen LogP contribution is -2.10. The molecule has 0 aliphatic carbocycles. The minimum atomic E-state index is -4.27. The van der Waals surface area contributed by atoms with Crippen molar-refractivity contribution >= 4 is 27.7 Å². The normalized spacial score (nSPS) is 11.1. The number of aliphatic hydroxyl groups excluding tert-OH is 1. The SMILES string of the molecule is O=S(=O)(O)c1cccc(Nc2ncnc(NCCO)n2)c1. The van der Waals surface area contributed by atoms with Gasteiger partial charge in [-0.15, -0.1) is 0 Å². The zero-order valence-electron chi connectivity index (χ0n) is 10.8. The number of nitrogens with zero attached hydrogens (tertiary/aromatic N) is 3. The minimum absolute atomic E-state index is 0.0646. The molecule has 0 aliphatic rings. The maximum Gasteiger partial charge on any atom is 0.294 e. The number of rotatable bonds is 6. The number of aliphatic hydroxyl groups is 1. The van der Waals surface area contributed by atoms with Crippen LogP contribution in [0.4, 0.5) is 17.6 Å². The molecular formula is C11H13N5O4S. The molecule has 112 valence electrons. The van der Waals surface area contributed by atoms with Crippen LogP contribution in [0.1, 0.15) is 0 Å². The Morgan fingerprint density at radius 1 is 1.19 bits per heavy atom. The van der Waals surface area contributed by atoms with E-state index in [-0.39, 0.29) is 23.4 Å². The molecule has 1 aromatic heterocycles. The van der Waals surface area contributed by atoms with Crippen LogP contribution < -0.4 is 10.6 Å². The molecule has 1 heterocycles. The molecule has 0 saturated heterocycles. The van der Waals surface area contributed by atoms with Gasteiger partial charge in [-0.3, -0.25) is 4.55 Å². The van der Waals surface area contributed by atoms with Gasteiger partial charge in [-0.25, -0.2) is 9.97 Å². The topological polar surface area (TPSA) is 137 Å². The maximum atomic E-state index is 11.1. The first kappa shape index (κ1) is 15.1. The summed E-state index contributed by atoms with van der Waals surface area (Å²) in [6, 6.07) is 5.58. The van der Waals surface area contributed by atoms with Crippen LogP contribution in [0.15, 0.2) is 35.5 Å². The first-order chi connectivity index (χ1) is 9.99. The highest BCUT2D eigenvalue weighted by Gasteiger charge is 2.10. The standard InChI is InChI=1S/C11H13N5O4S/c17-5-4-12-10-13-7-14-11(16-10)15-8-2-1-3-9(6-8)21(18,19)20/h1-3,6-7,17H,4-5H2,(H,18,19,20)(H2,12,13,14,15,16). The van der Waals surface area contributed by atoms with Gasteiger partial charge >= 0.3 is 0 Å². The molecule has 0 unspecified atom stereocenters. The molecule has 0 spiro atoms. The second-order valence-corrected chi connectivity index (χ2v) is 5.33. The lowest BCUT2D eigenvalue weighted by atomic mass is 10.3. The van der Waals surface area contributed by atoms with Gasteiger partial charge in [-0.1, -0.05) is 6.07 Å². The summed E-state index contributed by atoms with van der Waals surface area (Å²) in [6.07, 6.45) is 1.27. The molecule has 0 aliphatic heterocycles. The van der Waals surface area contributed by atoms with E-state index in [0.29, 0.717) is 12.2 Å². The van der Waals surface area contributed by atoms with E-state index in [0.717, 1.165) is 0 Å². The van der Waals surface area contributed by atoms with Crippen LogP contribution in [0, 0.1) is 0 Å². The lowest BCUT2D eigenvalue weighted by Gasteiger charge is -2.07. The third kappa shape index (κ3) is 4.34. The third-order valence-corrected chi connectivity index (χ3v) is 3.20. The van der Waals surface area contributed by atoms with E-state index in [1.165, 1.54) is 24.5 Å². The summed E-state index contributed by atoms with van der Waals surface area (Å²) in [4.78, 5) is 11.5. The van der Waals surface area contributed by atoms with Gasteiger partial charge in [0.25, 0.3) is 10.1 Å². The third-order valence-electron chi connectivity index (χ3n) is 2.35.